The Bertz CT molecular complexity index is 508. The molecule has 0 unspecified atom stereocenters. The van der Waals surface area contributed by atoms with Crippen LogP contribution in [0.2, 0.25) is 0 Å². The molecule has 0 fully saturated rings. The number of benzene rings is 2. The molecule has 0 saturated carbocycles. The summed E-state index contributed by atoms with van der Waals surface area (Å²) in [6, 6.07) is 10.9. The fraction of sp³-hybridized carbons (Fsp3) is 0.143. The van der Waals surface area contributed by atoms with Crippen LogP contribution >= 0.6 is 0 Å². The van der Waals surface area contributed by atoms with Crippen molar-refractivity contribution in [3.63, 3.8) is 0 Å². The predicted octanol–water partition coefficient (Wildman–Crippen LogP) is 1.70. The van der Waals surface area contributed by atoms with E-state index in [0.29, 0.717) is 13.0 Å². The lowest BCUT2D eigenvalue weighted by Crippen LogP contribution is -2.02. The molecule has 0 aliphatic carbocycles. The van der Waals surface area contributed by atoms with Crippen LogP contribution in [0.15, 0.2) is 42.5 Å². The maximum absolute atomic E-state index is 9.04. The van der Waals surface area contributed by atoms with Gasteiger partial charge in [-0.05, 0) is 42.8 Å². The second-order valence-electron chi connectivity index (χ2n) is 3.85. The minimum atomic E-state index is -0.0919. The van der Waals surface area contributed by atoms with Gasteiger partial charge in [0.05, 0.1) is 0 Å². The summed E-state index contributed by atoms with van der Waals surface area (Å²) in [5.41, 5.74) is 6.24. The largest absolute Gasteiger partial charge is 0.504 e. The molecule has 0 atom stereocenters. The Morgan fingerprint density at radius 3 is 1.68 bits per heavy atom. The number of para-hydroxylation sites is 2. The van der Waals surface area contributed by atoms with Gasteiger partial charge in [-0.3, -0.25) is 0 Å². The van der Waals surface area contributed by atoms with E-state index >= 15 is 0 Å². The summed E-state index contributed by atoms with van der Waals surface area (Å²) in [5, 5.41) is 35.3. The van der Waals surface area contributed by atoms with Gasteiger partial charge in [0, 0.05) is 0 Å². The Kier molecular flexibility index (Phi) is 5.50. The van der Waals surface area contributed by atoms with Gasteiger partial charge in [-0.25, -0.2) is 0 Å². The third-order valence-electron chi connectivity index (χ3n) is 2.35. The van der Waals surface area contributed by atoms with Crippen LogP contribution in [0.3, 0.4) is 0 Å². The molecule has 5 nitrogen and oxygen atoms in total. The molecule has 0 aliphatic rings. The lowest BCUT2D eigenvalue weighted by Gasteiger charge is -2.00. The lowest BCUT2D eigenvalue weighted by atomic mass is 10.1. The van der Waals surface area contributed by atoms with E-state index in [9.17, 15) is 0 Å². The minimum Gasteiger partial charge on any atom is -0.504 e. The van der Waals surface area contributed by atoms with E-state index in [1.54, 1.807) is 18.2 Å². The first-order chi connectivity index (χ1) is 9.04. The molecule has 0 amide bonds. The summed E-state index contributed by atoms with van der Waals surface area (Å²) in [6.45, 7) is 0.546. The lowest BCUT2D eigenvalue weighted by molar-refractivity contribution is 0.403. The van der Waals surface area contributed by atoms with Crippen molar-refractivity contribution in [2.24, 2.45) is 5.73 Å². The van der Waals surface area contributed by atoms with Crippen molar-refractivity contribution in [3.8, 4) is 23.0 Å². The van der Waals surface area contributed by atoms with Gasteiger partial charge in [-0.15, -0.1) is 0 Å². The van der Waals surface area contributed by atoms with E-state index < -0.39 is 0 Å². The van der Waals surface area contributed by atoms with E-state index in [2.05, 4.69) is 0 Å². The van der Waals surface area contributed by atoms with Crippen molar-refractivity contribution in [1.82, 2.24) is 0 Å². The quantitative estimate of drug-likeness (QED) is 0.530. The fourth-order valence-electron chi connectivity index (χ4n) is 1.36. The molecule has 6 N–H and O–H groups in total. The van der Waals surface area contributed by atoms with Gasteiger partial charge >= 0.3 is 0 Å². The Morgan fingerprint density at radius 2 is 1.26 bits per heavy atom. The maximum atomic E-state index is 9.04. The highest BCUT2D eigenvalue weighted by Crippen LogP contribution is 2.24. The highest BCUT2D eigenvalue weighted by molar-refractivity contribution is 5.40. The van der Waals surface area contributed by atoms with Gasteiger partial charge in [0.1, 0.15) is 0 Å². The number of phenols is 4. The van der Waals surface area contributed by atoms with Gasteiger partial charge in [-0.1, -0.05) is 18.2 Å². The van der Waals surface area contributed by atoms with Gasteiger partial charge in [0.15, 0.2) is 23.0 Å². The third-order valence-corrected chi connectivity index (χ3v) is 2.35. The van der Waals surface area contributed by atoms with E-state index in [-0.39, 0.29) is 23.0 Å². The third kappa shape index (κ3) is 4.77. The Hall–Kier alpha value is -2.40. The van der Waals surface area contributed by atoms with E-state index in [1.165, 1.54) is 24.3 Å². The van der Waals surface area contributed by atoms with Gasteiger partial charge < -0.3 is 26.2 Å². The molecule has 0 saturated heterocycles. The number of aromatic hydroxyl groups is 4. The molecule has 0 aliphatic heterocycles. The zero-order valence-corrected chi connectivity index (χ0v) is 10.3. The average Bonchev–Trinajstić information content (AvgIpc) is 2.39. The summed E-state index contributed by atoms with van der Waals surface area (Å²) >= 11 is 0. The number of phenolic OH excluding ortho intramolecular Hbond substituents is 4. The Morgan fingerprint density at radius 1 is 0.737 bits per heavy atom. The van der Waals surface area contributed by atoms with Crippen molar-refractivity contribution < 1.29 is 20.4 Å². The molecule has 2 rings (SSSR count). The molecule has 2 aromatic rings. The first kappa shape index (κ1) is 14.7. The van der Waals surface area contributed by atoms with Crippen LogP contribution in [0.5, 0.6) is 23.0 Å². The van der Waals surface area contributed by atoms with Crippen LogP contribution in [0.1, 0.15) is 5.56 Å². The monoisotopic (exact) mass is 263 g/mol. The molecule has 19 heavy (non-hydrogen) atoms. The first-order valence-electron chi connectivity index (χ1n) is 5.72. The number of nitrogens with two attached hydrogens (primary N) is 1. The topological polar surface area (TPSA) is 107 Å². The number of hydrogen-bond acceptors (Lipinski definition) is 5. The first-order valence-corrected chi connectivity index (χ1v) is 5.72. The zero-order valence-electron chi connectivity index (χ0n) is 10.3. The van der Waals surface area contributed by atoms with Gasteiger partial charge in [0.2, 0.25) is 0 Å². The number of rotatable bonds is 2. The smallest absolute Gasteiger partial charge is 0.157 e. The molecule has 5 heteroatoms. The molecular weight excluding hydrogens is 246 g/mol. The van der Waals surface area contributed by atoms with E-state index in [0.717, 1.165) is 5.56 Å². The Labute approximate surface area is 111 Å². The van der Waals surface area contributed by atoms with Crippen LogP contribution in [0.25, 0.3) is 0 Å². The highest BCUT2D eigenvalue weighted by atomic mass is 16.3. The van der Waals surface area contributed by atoms with Crippen molar-refractivity contribution in [1.29, 1.82) is 0 Å². The molecular formula is C14H17NO4. The normalized spacial score (nSPS) is 9.53. The summed E-state index contributed by atoms with van der Waals surface area (Å²) < 4.78 is 0. The molecule has 0 bridgehead atoms. The van der Waals surface area contributed by atoms with Gasteiger partial charge in [0.25, 0.3) is 0 Å². The Balaban J connectivity index is 0.000000200. The molecule has 0 heterocycles. The molecule has 2 aromatic carbocycles. The molecule has 0 radical (unpaired) electrons. The summed E-state index contributed by atoms with van der Waals surface area (Å²) in [4.78, 5) is 0. The average molecular weight is 263 g/mol. The van der Waals surface area contributed by atoms with Gasteiger partial charge in [-0.2, -0.15) is 0 Å². The SMILES string of the molecule is NCCc1ccc(O)c(O)c1.Oc1ccccc1O. The standard InChI is InChI=1S/C8H11NO2.C6H6O2/c9-4-3-6-1-2-7(10)8(11)5-6;7-5-3-1-2-4-6(5)8/h1-2,5,10-11H,3-4,9H2;1-4,7-8H. The summed E-state index contributed by atoms with van der Waals surface area (Å²) in [6.07, 6.45) is 0.716. The van der Waals surface area contributed by atoms with Crippen molar-refractivity contribution in [2.75, 3.05) is 6.54 Å². The fourth-order valence-corrected chi connectivity index (χ4v) is 1.36. The highest BCUT2D eigenvalue weighted by Gasteiger charge is 1.98. The molecule has 0 aromatic heterocycles. The summed E-state index contributed by atoms with van der Waals surface area (Å²) in [7, 11) is 0. The minimum absolute atomic E-state index is 0.0764. The van der Waals surface area contributed by atoms with Crippen LogP contribution in [-0.2, 0) is 6.42 Å². The second-order valence-corrected chi connectivity index (χ2v) is 3.85. The van der Waals surface area contributed by atoms with Crippen molar-refractivity contribution in [2.45, 2.75) is 6.42 Å². The van der Waals surface area contributed by atoms with Crippen LogP contribution in [-0.4, -0.2) is 27.0 Å². The zero-order chi connectivity index (χ0) is 14.3. The molecule has 102 valence electrons. The maximum Gasteiger partial charge on any atom is 0.157 e. The number of hydrogen-bond donors (Lipinski definition) is 5. The van der Waals surface area contributed by atoms with E-state index in [1.807, 2.05) is 0 Å². The van der Waals surface area contributed by atoms with Crippen molar-refractivity contribution >= 4 is 0 Å². The summed E-state index contributed by atoms with van der Waals surface area (Å²) in [5.74, 6) is -0.332. The van der Waals surface area contributed by atoms with Crippen molar-refractivity contribution in [3.05, 3.63) is 48.0 Å². The van der Waals surface area contributed by atoms with Crippen LogP contribution < -0.4 is 5.73 Å². The van der Waals surface area contributed by atoms with Crippen LogP contribution in [0.4, 0.5) is 0 Å². The van der Waals surface area contributed by atoms with E-state index in [4.69, 9.17) is 26.2 Å². The predicted molar refractivity (Wildman–Crippen MR) is 72.3 cm³/mol. The molecule has 0 spiro atoms. The van der Waals surface area contributed by atoms with Crippen LogP contribution in [0, 0.1) is 0 Å². The second kappa shape index (κ2) is 7.13.